The van der Waals surface area contributed by atoms with E-state index >= 15 is 0 Å². The summed E-state index contributed by atoms with van der Waals surface area (Å²) in [5, 5.41) is -3.34. The monoisotopic (exact) mass is 691 g/mol. The molecule has 0 unspecified atom stereocenters. The third-order valence-corrected chi connectivity index (χ3v) is 8.62. The van der Waals surface area contributed by atoms with Crippen LogP contribution in [0.25, 0.3) is 88.0 Å². The molecule has 0 saturated carbocycles. The number of hydrogen-bond acceptors (Lipinski definition) is 2. The summed E-state index contributed by atoms with van der Waals surface area (Å²) >= 11 is 0. The van der Waals surface area contributed by atoms with Crippen LogP contribution in [0.1, 0.15) is 41.1 Å². The molecule has 1 aliphatic rings. The standard InChI is InChI=1S/C50H31NO/c1-3-13-32(14-4-1)33-25-27-35(28-26-33)51(46-30-29-40-37-18-8-7-17-36(37)39-21-11-23-43(46)48(39)40)47-24-12-22-42-45-31-44(34-15-5-2-6-16-34)38-19-9-10-20-41(38)49(45)52-50(42)47/h1-31H/i1D,2D,3D,4D,5D,6D,7D,8D,9D,10D,11D,12D,13D,14D,15D,16D,17D,18D,20D,21D,22D,23D,24D,25D,26D,27D,28D,29D,30D,31D. The maximum atomic E-state index is 9.93. The molecule has 1 aliphatic carbocycles. The summed E-state index contributed by atoms with van der Waals surface area (Å²) in [5.41, 5.74) is -9.23. The van der Waals surface area contributed by atoms with E-state index in [1.54, 1.807) is 0 Å². The van der Waals surface area contributed by atoms with Gasteiger partial charge in [-0.15, -0.1) is 0 Å². The lowest BCUT2D eigenvalue weighted by Gasteiger charge is -2.27. The van der Waals surface area contributed by atoms with Gasteiger partial charge in [-0.1, -0.05) is 157 Å². The van der Waals surface area contributed by atoms with Crippen molar-refractivity contribution in [3.63, 3.8) is 0 Å². The minimum Gasteiger partial charge on any atom is -0.453 e. The number of hydrogen-bond donors (Lipinski definition) is 0. The average Bonchev–Trinajstić information content (AvgIpc) is 4.24. The molecule has 0 fully saturated rings. The van der Waals surface area contributed by atoms with Crippen molar-refractivity contribution in [2.24, 2.45) is 0 Å². The molecule has 0 bridgehead atoms. The summed E-state index contributed by atoms with van der Waals surface area (Å²) in [6, 6.07) is -27.2. The van der Waals surface area contributed by atoms with Gasteiger partial charge >= 0.3 is 0 Å². The van der Waals surface area contributed by atoms with Crippen LogP contribution >= 0.6 is 0 Å². The molecule has 0 radical (unpaired) electrons. The minimum atomic E-state index is -1.23. The lowest BCUT2D eigenvalue weighted by atomic mass is 9.95. The van der Waals surface area contributed by atoms with Crippen molar-refractivity contribution in [2.75, 3.05) is 4.90 Å². The normalized spacial score (nSPS) is 19.9. The highest BCUT2D eigenvalue weighted by Crippen LogP contribution is 2.52. The van der Waals surface area contributed by atoms with Crippen molar-refractivity contribution in [3.05, 3.63) is 187 Å². The molecular weight excluding hydrogens is 631 g/mol. The molecule has 0 amide bonds. The van der Waals surface area contributed by atoms with Crippen LogP contribution in [0, 0.1) is 0 Å². The fourth-order valence-electron chi connectivity index (χ4n) is 6.43. The van der Waals surface area contributed by atoms with Crippen molar-refractivity contribution in [3.8, 4) is 44.5 Å². The van der Waals surface area contributed by atoms with Gasteiger partial charge in [-0.3, -0.25) is 0 Å². The van der Waals surface area contributed by atoms with E-state index in [9.17, 15) is 17.8 Å². The Labute approximate surface area is 343 Å². The van der Waals surface area contributed by atoms with E-state index in [-0.39, 0.29) is 5.39 Å². The van der Waals surface area contributed by atoms with Gasteiger partial charge in [0.2, 0.25) is 0 Å². The number of furan rings is 1. The van der Waals surface area contributed by atoms with Gasteiger partial charge < -0.3 is 9.32 Å². The lowest BCUT2D eigenvalue weighted by Crippen LogP contribution is -2.11. The van der Waals surface area contributed by atoms with Crippen LogP contribution in [0.15, 0.2) is 192 Å². The first-order valence-corrected chi connectivity index (χ1v) is 15.4. The van der Waals surface area contributed by atoms with Gasteiger partial charge in [-0.2, -0.15) is 0 Å². The van der Waals surface area contributed by atoms with E-state index in [1.165, 1.54) is 0 Å². The van der Waals surface area contributed by atoms with Crippen LogP contribution < -0.4 is 4.90 Å². The minimum absolute atomic E-state index is 0.382. The van der Waals surface area contributed by atoms with Gasteiger partial charge in [0.25, 0.3) is 0 Å². The van der Waals surface area contributed by atoms with Crippen LogP contribution in [0.4, 0.5) is 17.1 Å². The Balaban J connectivity index is 1.42. The molecule has 52 heavy (non-hydrogen) atoms. The molecule has 0 aliphatic heterocycles. The van der Waals surface area contributed by atoms with Crippen LogP contribution in [0.5, 0.6) is 0 Å². The molecule has 0 saturated heterocycles. The molecular formula is C50H31NO. The van der Waals surface area contributed by atoms with Crippen LogP contribution in [0.3, 0.4) is 0 Å². The van der Waals surface area contributed by atoms with Crippen molar-refractivity contribution in [2.45, 2.75) is 0 Å². The molecule has 10 aromatic rings. The fraction of sp³-hybridized carbons (Fsp3) is 0. The van der Waals surface area contributed by atoms with Gasteiger partial charge in [-0.05, 0) is 85.5 Å². The van der Waals surface area contributed by atoms with Crippen molar-refractivity contribution in [1.82, 2.24) is 0 Å². The van der Waals surface area contributed by atoms with Crippen molar-refractivity contribution in [1.29, 1.82) is 0 Å². The Morgan fingerprint density at radius 2 is 0.962 bits per heavy atom. The highest BCUT2D eigenvalue weighted by Gasteiger charge is 2.26. The van der Waals surface area contributed by atoms with Crippen molar-refractivity contribution < 1.29 is 45.5 Å². The second-order valence-electron chi connectivity index (χ2n) is 11.3. The predicted molar refractivity (Wildman–Crippen MR) is 219 cm³/mol. The second-order valence-corrected chi connectivity index (χ2v) is 11.3. The summed E-state index contributed by atoms with van der Waals surface area (Å²) in [7, 11) is 0. The van der Waals surface area contributed by atoms with Gasteiger partial charge in [0, 0.05) is 27.2 Å². The quantitative estimate of drug-likeness (QED) is 0.179. The third-order valence-electron chi connectivity index (χ3n) is 8.62. The molecule has 2 nitrogen and oxygen atoms in total. The molecule has 1 aromatic heterocycles. The number of fused-ring (bicyclic) bond motifs is 8. The van der Waals surface area contributed by atoms with Gasteiger partial charge in [0.05, 0.1) is 52.5 Å². The maximum Gasteiger partial charge on any atom is 0.159 e. The maximum absolute atomic E-state index is 9.93. The van der Waals surface area contributed by atoms with E-state index < -0.39 is 281 Å². The number of nitrogens with zero attached hydrogens (tertiary/aromatic N) is 1. The van der Waals surface area contributed by atoms with E-state index in [0.717, 1.165) is 6.07 Å². The molecule has 2 heteroatoms. The van der Waals surface area contributed by atoms with Crippen molar-refractivity contribution >= 4 is 60.5 Å². The topological polar surface area (TPSA) is 16.4 Å². The molecule has 0 N–H and O–H groups in total. The Morgan fingerprint density at radius 3 is 1.75 bits per heavy atom. The summed E-state index contributed by atoms with van der Waals surface area (Å²) < 4.78 is 278. The zero-order valence-corrected chi connectivity index (χ0v) is 25.9. The average molecular weight is 692 g/mol. The summed E-state index contributed by atoms with van der Waals surface area (Å²) in [5.74, 6) is 0. The van der Waals surface area contributed by atoms with Gasteiger partial charge in [0.1, 0.15) is 5.58 Å². The van der Waals surface area contributed by atoms with Crippen LogP contribution in [0.2, 0.25) is 0 Å². The van der Waals surface area contributed by atoms with Gasteiger partial charge in [-0.25, -0.2) is 0 Å². The van der Waals surface area contributed by atoms with E-state index in [2.05, 4.69) is 0 Å². The summed E-state index contributed by atoms with van der Waals surface area (Å²) in [6.45, 7) is 0. The smallest absolute Gasteiger partial charge is 0.159 e. The fourth-order valence-corrected chi connectivity index (χ4v) is 6.43. The number of anilines is 3. The first kappa shape index (κ1) is 12.1. The van der Waals surface area contributed by atoms with Crippen LogP contribution in [-0.4, -0.2) is 0 Å². The first-order chi connectivity index (χ1) is 38.3. The largest absolute Gasteiger partial charge is 0.453 e. The highest BCUT2D eigenvalue weighted by atomic mass is 16.3. The predicted octanol–water partition coefficient (Wildman–Crippen LogP) is 14.3. The Morgan fingerprint density at radius 1 is 0.365 bits per heavy atom. The number of benzene rings is 9. The van der Waals surface area contributed by atoms with Gasteiger partial charge in [0.15, 0.2) is 5.58 Å². The Bertz CT molecular complexity index is 4630. The molecule has 242 valence electrons. The summed E-state index contributed by atoms with van der Waals surface area (Å²) in [6.07, 6.45) is 0. The van der Waals surface area contributed by atoms with E-state index in [1.807, 2.05) is 0 Å². The Kier molecular flexibility index (Phi) is 2.63. The second kappa shape index (κ2) is 11.3. The Hall–Kier alpha value is -6.90. The molecule has 9 aromatic carbocycles. The van der Waals surface area contributed by atoms with E-state index in [0.29, 0.717) is 4.90 Å². The zero-order valence-electron chi connectivity index (χ0n) is 55.9. The lowest BCUT2D eigenvalue weighted by molar-refractivity contribution is 0.673. The summed E-state index contributed by atoms with van der Waals surface area (Å²) in [4.78, 5) is 0.529. The first-order valence-electron chi connectivity index (χ1n) is 30.4. The number of para-hydroxylation sites is 1. The zero-order chi connectivity index (χ0) is 60.3. The van der Waals surface area contributed by atoms with E-state index in [4.69, 9.17) is 27.7 Å². The molecule has 11 rings (SSSR count). The molecule has 0 spiro atoms. The number of rotatable bonds is 5. The highest BCUT2D eigenvalue weighted by molar-refractivity contribution is 6.22. The SMILES string of the molecule is [2H]c1cc2c(-c3c([2H])c([2H])c([2H])c([2H])c3[2H])c([2H])c3c(oc4c(N(c5c([2H])c([2H])c(-c6c([2H])c([2H])c([2H])c([2H])c6[2H])c([2H])c5[2H])c5c([2H])c([2H])c6c7c(c([2H])c([2H])c([2H])c57)-c5c([2H])c([2H])c([2H])c([2H])c5-6)c([2H])c([2H])c([2H])c43)c2c([2H])c1[2H]. The van der Waals surface area contributed by atoms with Crippen LogP contribution in [-0.2, 0) is 0 Å². The molecule has 0 atom stereocenters. The third kappa shape index (κ3) is 4.25. The molecule has 1 heterocycles.